The predicted molar refractivity (Wildman–Crippen MR) is 152 cm³/mol. The third kappa shape index (κ3) is 8.16. The van der Waals surface area contributed by atoms with Crippen LogP contribution in [0, 0.1) is 37.2 Å². The van der Waals surface area contributed by atoms with Crippen molar-refractivity contribution in [1.29, 1.82) is 0 Å². The Balaban J connectivity index is 1.93. The molecular formula is C33H38F3NO2. The molecule has 0 aliphatic rings. The van der Waals surface area contributed by atoms with Gasteiger partial charge in [-0.05, 0) is 68.0 Å². The molecule has 0 bridgehead atoms. The lowest BCUT2D eigenvalue weighted by atomic mass is 9.93. The zero-order valence-corrected chi connectivity index (χ0v) is 23.5. The second-order valence-electron chi connectivity index (χ2n) is 10.4. The van der Waals surface area contributed by atoms with Crippen molar-refractivity contribution >= 4 is 5.70 Å². The molecule has 0 fully saturated rings. The van der Waals surface area contributed by atoms with Crippen molar-refractivity contribution in [3.05, 3.63) is 118 Å². The molecule has 208 valence electrons. The summed E-state index contributed by atoms with van der Waals surface area (Å²) in [5.41, 5.74) is 5.61. The molecule has 1 N–H and O–H groups in total. The summed E-state index contributed by atoms with van der Waals surface area (Å²) in [5.74, 6) is -1.75. The van der Waals surface area contributed by atoms with E-state index in [1.54, 1.807) is 19.2 Å². The number of nitrogens with one attached hydrogen (secondary N) is 1. The molecule has 3 rings (SSSR count). The maximum Gasteiger partial charge on any atom is 0.168 e. The van der Waals surface area contributed by atoms with Gasteiger partial charge in [0.1, 0.15) is 18.2 Å². The van der Waals surface area contributed by atoms with Crippen LogP contribution in [0.25, 0.3) is 5.70 Å². The molecule has 6 heteroatoms. The van der Waals surface area contributed by atoms with Gasteiger partial charge >= 0.3 is 0 Å². The molecule has 0 aliphatic carbocycles. The van der Waals surface area contributed by atoms with Crippen LogP contribution in [0.3, 0.4) is 0 Å². The molecule has 0 heterocycles. The van der Waals surface area contributed by atoms with E-state index in [0.29, 0.717) is 36.0 Å². The van der Waals surface area contributed by atoms with Gasteiger partial charge in [0, 0.05) is 17.7 Å². The molecule has 0 saturated carbocycles. The molecule has 0 unspecified atom stereocenters. The van der Waals surface area contributed by atoms with E-state index < -0.39 is 29.6 Å². The van der Waals surface area contributed by atoms with E-state index >= 15 is 0 Å². The van der Waals surface area contributed by atoms with Crippen LogP contribution >= 0.6 is 0 Å². The number of benzene rings is 3. The van der Waals surface area contributed by atoms with Gasteiger partial charge in [-0.25, -0.2) is 13.2 Å². The average molecular weight is 538 g/mol. The molecule has 39 heavy (non-hydrogen) atoms. The number of allylic oxidation sites excluding steroid dienone is 1. The first-order valence-electron chi connectivity index (χ1n) is 13.1. The molecule has 0 aliphatic heterocycles. The number of methoxy groups -OCH3 is 1. The molecule has 0 spiro atoms. The molecule has 0 saturated heterocycles. The fourth-order valence-electron chi connectivity index (χ4n) is 4.63. The summed E-state index contributed by atoms with van der Waals surface area (Å²) in [6.45, 7) is 16.4. The summed E-state index contributed by atoms with van der Waals surface area (Å²) in [7, 11) is 1.59. The molecule has 0 aromatic heterocycles. The lowest BCUT2D eigenvalue weighted by Crippen LogP contribution is -2.22. The van der Waals surface area contributed by atoms with Crippen LogP contribution in [0.1, 0.15) is 66.1 Å². The van der Waals surface area contributed by atoms with Crippen LogP contribution in [0.4, 0.5) is 13.2 Å². The Hall–Kier alpha value is -3.67. The highest BCUT2D eigenvalue weighted by Crippen LogP contribution is 2.30. The van der Waals surface area contributed by atoms with E-state index in [2.05, 4.69) is 64.4 Å². The van der Waals surface area contributed by atoms with Crippen molar-refractivity contribution in [3.8, 4) is 5.75 Å². The van der Waals surface area contributed by atoms with Gasteiger partial charge in [0.15, 0.2) is 11.6 Å². The van der Waals surface area contributed by atoms with Gasteiger partial charge in [-0.2, -0.15) is 0 Å². The van der Waals surface area contributed by atoms with Gasteiger partial charge in [-0.15, -0.1) is 0 Å². The van der Waals surface area contributed by atoms with Crippen LogP contribution in [-0.2, 0) is 17.8 Å². The number of hydrogen-bond acceptors (Lipinski definition) is 3. The number of halogens is 3. The number of hydrogen-bond donors (Lipinski definition) is 1. The Kier molecular flexibility index (Phi) is 10.3. The molecule has 3 aromatic rings. The molecule has 0 radical (unpaired) electrons. The quantitative estimate of drug-likeness (QED) is 0.175. The Morgan fingerprint density at radius 1 is 0.923 bits per heavy atom. The van der Waals surface area contributed by atoms with Crippen molar-refractivity contribution in [2.45, 2.75) is 59.6 Å². The summed E-state index contributed by atoms with van der Waals surface area (Å²) in [4.78, 5) is 0. The van der Waals surface area contributed by atoms with Crippen LogP contribution in [0.5, 0.6) is 5.75 Å². The Bertz CT molecular complexity index is 1310. The molecule has 0 amide bonds. The van der Waals surface area contributed by atoms with E-state index in [1.165, 1.54) is 16.7 Å². The van der Waals surface area contributed by atoms with E-state index in [4.69, 9.17) is 9.47 Å². The van der Waals surface area contributed by atoms with Crippen LogP contribution < -0.4 is 10.1 Å². The number of rotatable bonds is 13. The summed E-state index contributed by atoms with van der Waals surface area (Å²) in [6.07, 6.45) is 2.16. The van der Waals surface area contributed by atoms with Gasteiger partial charge in [0.25, 0.3) is 0 Å². The van der Waals surface area contributed by atoms with Crippen molar-refractivity contribution in [2.75, 3.05) is 7.11 Å². The third-order valence-electron chi connectivity index (χ3n) is 6.59. The van der Waals surface area contributed by atoms with Crippen molar-refractivity contribution in [2.24, 2.45) is 5.92 Å². The Labute approximate surface area is 230 Å². The van der Waals surface area contributed by atoms with E-state index in [9.17, 15) is 13.2 Å². The largest absolute Gasteiger partial charge is 0.502 e. The van der Waals surface area contributed by atoms with Gasteiger partial charge in [0.2, 0.25) is 0 Å². The number of ether oxygens (including phenoxy) is 2. The summed E-state index contributed by atoms with van der Waals surface area (Å²) in [5, 5.41) is 3.63. The summed E-state index contributed by atoms with van der Waals surface area (Å²) < 4.78 is 53.0. The van der Waals surface area contributed by atoms with E-state index in [0.717, 1.165) is 29.7 Å². The predicted octanol–water partition coefficient (Wildman–Crippen LogP) is 8.74. The second-order valence-corrected chi connectivity index (χ2v) is 10.4. The Morgan fingerprint density at radius 3 is 2.23 bits per heavy atom. The maximum absolute atomic E-state index is 14.2. The maximum atomic E-state index is 14.2. The van der Waals surface area contributed by atoms with Gasteiger partial charge in [-0.1, -0.05) is 62.4 Å². The highest BCUT2D eigenvalue weighted by Gasteiger charge is 2.19. The smallest absolute Gasteiger partial charge is 0.168 e. The SMILES string of the molecule is C=C(CCc1ccc(OCc2c(F)ccc(F)c2F)cc1C(=C)N[C@H](CC(C)C)c1cc(C)cc(C)c1)OC. The van der Waals surface area contributed by atoms with Crippen LogP contribution in [0.15, 0.2) is 67.4 Å². The monoisotopic (exact) mass is 537 g/mol. The zero-order chi connectivity index (χ0) is 28.7. The van der Waals surface area contributed by atoms with Gasteiger partial charge < -0.3 is 14.8 Å². The van der Waals surface area contributed by atoms with Crippen molar-refractivity contribution in [1.82, 2.24) is 5.32 Å². The normalized spacial score (nSPS) is 11.8. The lowest BCUT2D eigenvalue weighted by molar-refractivity contribution is 0.279. The molecule has 3 nitrogen and oxygen atoms in total. The minimum absolute atomic E-state index is 0.0259. The highest BCUT2D eigenvalue weighted by molar-refractivity contribution is 5.67. The second kappa shape index (κ2) is 13.4. The van der Waals surface area contributed by atoms with Crippen molar-refractivity contribution < 1.29 is 22.6 Å². The van der Waals surface area contributed by atoms with E-state index in [-0.39, 0.29) is 6.04 Å². The third-order valence-corrected chi connectivity index (χ3v) is 6.59. The zero-order valence-electron chi connectivity index (χ0n) is 23.5. The Morgan fingerprint density at radius 2 is 1.59 bits per heavy atom. The highest BCUT2D eigenvalue weighted by atomic mass is 19.2. The topological polar surface area (TPSA) is 30.5 Å². The first-order chi connectivity index (χ1) is 18.5. The minimum Gasteiger partial charge on any atom is -0.502 e. The van der Waals surface area contributed by atoms with Gasteiger partial charge in [-0.3, -0.25) is 0 Å². The minimum atomic E-state index is -1.25. The molecular weight excluding hydrogens is 499 g/mol. The van der Waals surface area contributed by atoms with Crippen molar-refractivity contribution in [3.63, 3.8) is 0 Å². The first kappa shape index (κ1) is 29.9. The summed E-state index contributed by atoms with van der Waals surface area (Å²) in [6, 6.07) is 13.6. The molecule has 1 atom stereocenters. The fourth-order valence-corrected chi connectivity index (χ4v) is 4.63. The summed E-state index contributed by atoms with van der Waals surface area (Å²) >= 11 is 0. The standard InChI is InChI=1S/C33H38F3NO2/c1-20(2)14-32(26-16-21(3)15-22(4)17-26)37-24(6)28-18-27(11-10-25(28)9-8-23(5)38-7)39-19-29-30(34)12-13-31(35)33(29)36/h10-13,15-18,20,32,37H,5-6,8-9,14,19H2,1-4,7H3/t32-/m1/s1. The lowest BCUT2D eigenvalue weighted by Gasteiger charge is -2.26. The van der Waals surface area contributed by atoms with Gasteiger partial charge in [0.05, 0.1) is 24.5 Å². The number of aryl methyl sites for hydroxylation is 3. The fraction of sp³-hybridized carbons (Fsp3) is 0.333. The van der Waals surface area contributed by atoms with Crippen LogP contribution in [0.2, 0.25) is 0 Å². The van der Waals surface area contributed by atoms with E-state index in [1.807, 2.05) is 6.07 Å². The average Bonchev–Trinajstić information content (AvgIpc) is 2.88. The first-order valence-corrected chi connectivity index (χ1v) is 13.1. The van der Waals surface area contributed by atoms with Crippen LogP contribution in [-0.4, -0.2) is 7.11 Å². The molecule has 3 aromatic carbocycles.